The Morgan fingerprint density at radius 3 is 2.48 bits per heavy atom. The van der Waals surface area contributed by atoms with Crippen molar-refractivity contribution in [1.82, 2.24) is 9.88 Å². The minimum Gasteiger partial charge on any atom is -0.481 e. The first-order chi connectivity index (χ1) is 20.7. The van der Waals surface area contributed by atoms with E-state index in [0.29, 0.717) is 28.6 Å². The van der Waals surface area contributed by atoms with Gasteiger partial charge in [0.15, 0.2) is 0 Å². The lowest BCUT2D eigenvalue weighted by Gasteiger charge is -2.26. The summed E-state index contributed by atoms with van der Waals surface area (Å²) in [5.41, 5.74) is 2.34. The van der Waals surface area contributed by atoms with Crippen LogP contribution in [0.4, 0.5) is 17.6 Å². The minimum absolute atomic E-state index is 0.0337. The summed E-state index contributed by atoms with van der Waals surface area (Å²) in [7, 11) is 0. The number of alkyl halides is 3. The number of aliphatic carboxylic acids is 1. The fourth-order valence-corrected chi connectivity index (χ4v) is 5.22. The fraction of sp³-hybridized carbons (Fsp3) is 0.265. The SMILES string of the molecule is Cc1cc(C(=O)N(CC2=CCC(c3cccc(C(C)(C)C(=O)O)c3)C=C2)Cc2ccc(C(F)(F)F)o2)c2ccc(F)cc2n1. The van der Waals surface area contributed by atoms with Crippen LogP contribution < -0.4 is 0 Å². The number of allylic oxidation sites excluding steroid dienone is 2. The van der Waals surface area contributed by atoms with Gasteiger partial charge in [-0.3, -0.25) is 14.6 Å². The maximum absolute atomic E-state index is 14.0. The van der Waals surface area contributed by atoms with Crippen LogP contribution in [-0.2, 0) is 22.9 Å². The molecule has 1 atom stereocenters. The molecule has 0 bridgehead atoms. The lowest BCUT2D eigenvalue weighted by atomic mass is 9.81. The van der Waals surface area contributed by atoms with Gasteiger partial charge in [-0.25, -0.2) is 4.39 Å². The predicted molar refractivity (Wildman–Crippen MR) is 157 cm³/mol. The smallest absolute Gasteiger partial charge is 0.449 e. The number of carboxylic acids is 1. The zero-order valence-corrected chi connectivity index (χ0v) is 24.3. The van der Waals surface area contributed by atoms with Gasteiger partial charge in [0, 0.05) is 29.6 Å². The van der Waals surface area contributed by atoms with E-state index in [9.17, 15) is 32.3 Å². The summed E-state index contributed by atoms with van der Waals surface area (Å²) >= 11 is 0. The van der Waals surface area contributed by atoms with E-state index in [-0.39, 0.29) is 30.3 Å². The summed E-state index contributed by atoms with van der Waals surface area (Å²) in [6, 6.07) is 14.9. The molecule has 2 aromatic carbocycles. The van der Waals surface area contributed by atoms with Crippen LogP contribution in [0.5, 0.6) is 0 Å². The summed E-state index contributed by atoms with van der Waals surface area (Å²) < 4.78 is 58.7. The number of fused-ring (bicyclic) bond motifs is 1. The van der Waals surface area contributed by atoms with Gasteiger partial charge in [0.05, 0.1) is 23.0 Å². The number of nitrogens with zero attached hydrogens (tertiary/aromatic N) is 2. The van der Waals surface area contributed by atoms with Gasteiger partial charge in [-0.2, -0.15) is 13.2 Å². The summed E-state index contributed by atoms with van der Waals surface area (Å²) in [5, 5.41) is 10.1. The molecule has 228 valence electrons. The van der Waals surface area contributed by atoms with Crippen molar-refractivity contribution in [3.8, 4) is 0 Å². The van der Waals surface area contributed by atoms with Gasteiger partial charge < -0.3 is 14.4 Å². The van der Waals surface area contributed by atoms with Gasteiger partial charge >= 0.3 is 12.1 Å². The maximum atomic E-state index is 14.0. The number of hydrogen-bond donors (Lipinski definition) is 1. The molecule has 6 nitrogen and oxygen atoms in total. The second-order valence-electron chi connectivity index (χ2n) is 11.4. The van der Waals surface area contributed by atoms with Gasteiger partial charge in [-0.05, 0) is 74.2 Å². The highest BCUT2D eigenvalue weighted by Crippen LogP contribution is 2.33. The number of halogens is 4. The van der Waals surface area contributed by atoms with Crippen LogP contribution in [0, 0.1) is 12.7 Å². The van der Waals surface area contributed by atoms with E-state index >= 15 is 0 Å². The second kappa shape index (κ2) is 11.7. The number of aromatic nitrogens is 1. The van der Waals surface area contributed by atoms with E-state index in [1.165, 1.54) is 29.2 Å². The van der Waals surface area contributed by atoms with Crippen molar-refractivity contribution in [3.63, 3.8) is 0 Å². The molecule has 1 aliphatic carbocycles. The first kappa shape index (κ1) is 30.7. The third-order valence-corrected chi connectivity index (χ3v) is 7.83. The van der Waals surface area contributed by atoms with Crippen LogP contribution >= 0.6 is 0 Å². The van der Waals surface area contributed by atoms with Crippen molar-refractivity contribution in [2.24, 2.45) is 0 Å². The van der Waals surface area contributed by atoms with Crippen molar-refractivity contribution >= 4 is 22.8 Å². The first-order valence-electron chi connectivity index (χ1n) is 14.0. The van der Waals surface area contributed by atoms with Crippen LogP contribution in [0.2, 0.25) is 0 Å². The average molecular weight is 607 g/mol. The van der Waals surface area contributed by atoms with E-state index in [2.05, 4.69) is 4.98 Å². The maximum Gasteiger partial charge on any atom is 0.449 e. The molecule has 0 aliphatic heterocycles. The summed E-state index contributed by atoms with van der Waals surface area (Å²) in [4.78, 5) is 31.5. The number of rotatable bonds is 8. The van der Waals surface area contributed by atoms with Gasteiger partial charge in [0.1, 0.15) is 11.6 Å². The highest BCUT2D eigenvalue weighted by Gasteiger charge is 2.35. The first-order valence-corrected chi connectivity index (χ1v) is 14.0. The molecule has 0 saturated carbocycles. The molecule has 1 N–H and O–H groups in total. The standard InChI is InChI=1S/C34H30F4N2O4/c1-20-15-28(27-13-11-25(35)17-29(27)39-20)31(41)40(19-26-12-14-30(44-26)34(36,37)38)18-21-7-9-22(10-8-21)23-5-4-6-24(16-23)33(2,3)32(42)43/h4-9,11-17,22H,10,18-19H2,1-3H3,(H,42,43). The zero-order chi connectivity index (χ0) is 31.8. The van der Waals surface area contributed by atoms with Gasteiger partial charge in [0.2, 0.25) is 5.76 Å². The quantitative estimate of drug-likeness (QED) is 0.206. The molecule has 1 unspecified atom stereocenters. The Labute approximate surface area is 251 Å². The Hall–Kier alpha value is -4.73. The molecular formula is C34H30F4N2O4. The number of pyridine rings is 1. The van der Waals surface area contributed by atoms with E-state index in [1.54, 1.807) is 32.9 Å². The number of carboxylic acid groups (broad SMARTS) is 1. The lowest BCUT2D eigenvalue weighted by molar-refractivity contribution is -0.153. The molecule has 10 heteroatoms. The molecule has 4 aromatic rings. The summed E-state index contributed by atoms with van der Waals surface area (Å²) in [6.07, 6.45) is 1.68. The Kier molecular flexibility index (Phi) is 8.20. The molecule has 0 radical (unpaired) electrons. The molecule has 44 heavy (non-hydrogen) atoms. The number of hydrogen-bond acceptors (Lipinski definition) is 4. The van der Waals surface area contributed by atoms with Crippen LogP contribution in [0.15, 0.2) is 88.9 Å². The summed E-state index contributed by atoms with van der Waals surface area (Å²) in [6.45, 7) is 4.80. The third-order valence-electron chi connectivity index (χ3n) is 7.83. The van der Waals surface area contributed by atoms with Crippen molar-refractivity contribution in [3.05, 3.63) is 124 Å². The lowest BCUT2D eigenvalue weighted by Crippen LogP contribution is -2.32. The fourth-order valence-electron chi connectivity index (χ4n) is 5.22. The van der Waals surface area contributed by atoms with Gasteiger partial charge in [-0.1, -0.05) is 42.5 Å². The summed E-state index contributed by atoms with van der Waals surface area (Å²) in [5.74, 6) is -3.14. The molecular weight excluding hydrogens is 576 g/mol. The molecule has 1 aliphatic rings. The molecule has 2 aromatic heterocycles. The predicted octanol–water partition coefficient (Wildman–Crippen LogP) is 7.97. The highest BCUT2D eigenvalue weighted by molar-refractivity contribution is 6.06. The second-order valence-corrected chi connectivity index (χ2v) is 11.4. The topological polar surface area (TPSA) is 83.6 Å². The third kappa shape index (κ3) is 6.44. The van der Waals surface area contributed by atoms with E-state index in [0.717, 1.165) is 17.2 Å². The average Bonchev–Trinajstić information content (AvgIpc) is 3.45. The number of benzene rings is 2. The van der Waals surface area contributed by atoms with Gasteiger partial charge in [-0.15, -0.1) is 0 Å². The monoisotopic (exact) mass is 606 g/mol. The van der Waals surface area contributed by atoms with Crippen molar-refractivity contribution < 1.29 is 36.7 Å². The van der Waals surface area contributed by atoms with E-state index in [1.807, 2.05) is 36.4 Å². The van der Waals surface area contributed by atoms with Crippen molar-refractivity contribution in [2.75, 3.05) is 6.54 Å². The number of furan rings is 1. The number of amides is 1. The number of aryl methyl sites for hydroxylation is 1. The number of carbonyl (C=O) groups excluding carboxylic acids is 1. The number of carbonyl (C=O) groups is 2. The Balaban J connectivity index is 1.43. The molecule has 1 amide bonds. The minimum atomic E-state index is -4.67. The Morgan fingerprint density at radius 2 is 1.82 bits per heavy atom. The van der Waals surface area contributed by atoms with Crippen molar-refractivity contribution in [2.45, 2.75) is 51.2 Å². The van der Waals surface area contributed by atoms with Crippen LogP contribution in [0.25, 0.3) is 10.9 Å². The van der Waals surface area contributed by atoms with Crippen LogP contribution in [0.1, 0.15) is 64.9 Å². The van der Waals surface area contributed by atoms with Crippen LogP contribution in [0.3, 0.4) is 0 Å². The largest absolute Gasteiger partial charge is 0.481 e. The highest BCUT2D eigenvalue weighted by atomic mass is 19.4. The molecule has 0 saturated heterocycles. The Bertz CT molecular complexity index is 1800. The molecule has 2 heterocycles. The molecule has 0 fully saturated rings. The normalized spacial score (nSPS) is 15.3. The molecule has 5 rings (SSSR count). The van der Waals surface area contributed by atoms with Gasteiger partial charge in [0.25, 0.3) is 5.91 Å². The Morgan fingerprint density at radius 1 is 1.05 bits per heavy atom. The van der Waals surface area contributed by atoms with E-state index < -0.39 is 35.0 Å². The van der Waals surface area contributed by atoms with E-state index in [4.69, 9.17) is 4.42 Å². The van der Waals surface area contributed by atoms with Crippen molar-refractivity contribution in [1.29, 1.82) is 0 Å². The van der Waals surface area contributed by atoms with Crippen LogP contribution in [-0.4, -0.2) is 33.4 Å². The molecule has 0 spiro atoms. The zero-order valence-electron chi connectivity index (χ0n) is 24.3.